The van der Waals surface area contributed by atoms with E-state index in [1.54, 1.807) is 6.21 Å². The molecule has 18 heavy (non-hydrogen) atoms. The van der Waals surface area contributed by atoms with E-state index in [0.717, 1.165) is 10.9 Å². The fourth-order valence-corrected chi connectivity index (χ4v) is 1.76. The van der Waals surface area contributed by atoms with Gasteiger partial charge in [-0.3, -0.25) is 9.79 Å². The molecule has 5 heteroatoms. The van der Waals surface area contributed by atoms with Gasteiger partial charge in [-0.05, 0) is 12.5 Å². The summed E-state index contributed by atoms with van der Waals surface area (Å²) < 4.78 is 0. The highest BCUT2D eigenvalue weighted by atomic mass is 16.4. The van der Waals surface area contributed by atoms with Gasteiger partial charge in [-0.25, -0.2) is 0 Å². The Kier molecular flexibility index (Phi) is 3.62. The Morgan fingerprint density at radius 2 is 2.17 bits per heavy atom. The number of rotatable bonds is 5. The number of fused-ring (bicyclic) bond motifs is 1. The number of nitrogens with one attached hydrogen (secondary N) is 1. The van der Waals surface area contributed by atoms with Crippen molar-refractivity contribution in [3.63, 3.8) is 0 Å². The van der Waals surface area contributed by atoms with Crippen LogP contribution in [0, 0.1) is 0 Å². The van der Waals surface area contributed by atoms with Gasteiger partial charge in [0.15, 0.2) is 5.88 Å². The molecule has 0 saturated carbocycles. The monoisotopic (exact) mass is 246 g/mol. The third-order valence-electron chi connectivity index (χ3n) is 2.62. The average Bonchev–Trinajstić information content (AvgIpc) is 2.65. The summed E-state index contributed by atoms with van der Waals surface area (Å²) in [6, 6.07) is 7.53. The van der Waals surface area contributed by atoms with E-state index in [2.05, 4.69) is 9.98 Å². The first kappa shape index (κ1) is 12.2. The van der Waals surface area contributed by atoms with Gasteiger partial charge in [0.25, 0.3) is 0 Å². The van der Waals surface area contributed by atoms with Crippen LogP contribution >= 0.6 is 0 Å². The fourth-order valence-electron chi connectivity index (χ4n) is 1.76. The minimum Gasteiger partial charge on any atom is -0.494 e. The number of aromatic hydroxyl groups is 1. The molecule has 0 spiro atoms. The molecular weight excluding hydrogens is 232 g/mol. The number of benzene rings is 1. The van der Waals surface area contributed by atoms with Crippen LogP contribution in [0.1, 0.15) is 18.4 Å². The van der Waals surface area contributed by atoms with Crippen LogP contribution in [0.3, 0.4) is 0 Å². The molecule has 0 amide bonds. The van der Waals surface area contributed by atoms with Crippen molar-refractivity contribution in [2.75, 3.05) is 6.54 Å². The third kappa shape index (κ3) is 2.68. The molecule has 0 aliphatic heterocycles. The van der Waals surface area contributed by atoms with Gasteiger partial charge in [-0.1, -0.05) is 18.2 Å². The Balaban J connectivity index is 2.09. The number of aliphatic carboxylic acids is 1. The Labute approximate surface area is 104 Å². The van der Waals surface area contributed by atoms with E-state index in [-0.39, 0.29) is 12.3 Å². The molecule has 94 valence electrons. The summed E-state index contributed by atoms with van der Waals surface area (Å²) in [7, 11) is 0. The van der Waals surface area contributed by atoms with Crippen LogP contribution in [0.15, 0.2) is 29.3 Å². The van der Waals surface area contributed by atoms with Crippen molar-refractivity contribution in [2.24, 2.45) is 4.99 Å². The zero-order valence-electron chi connectivity index (χ0n) is 9.76. The van der Waals surface area contributed by atoms with Crippen LogP contribution in [0.2, 0.25) is 0 Å². The van der Waals surface area contributed by atoms with Gasteiger partial charge in [0.2, 0.25) is 0 Å². The fraction of sp³-hybridized carbons (Fsp3) is 0.231. The molecule has 2 rings (SSSR count). The first-order valence-electron chi connectivity index (χ1n) is 5.70. The molecule has 0 bridgehead atoms. The number of hydrogen-bond acceptors (Lipinski definition) is 3. The zero-order chi connectivity index (χ0) is 13.0. The molecule has 1 aromatic heterocycles. The maximum absolute atomic E-state index is 10.3. The Hall–Kier alpha value is -2.30. The van der Waals surface area contributed by atoms with Gasteiger partial charge >= 0.3 is 5.97 Å². The Bertz CT molecular complexity index is 587. The Morgan fingerprint density at radius 1 is 1.39 bits per heavy atom. The average molecular weight is 246 g/mol. The molecule has 0 fully saturated rings. The van der Waals surface area contributed by atoms with Gasteiger partial charge in [-0.15, -0.1) is 0 Å². The molecular formula is C13H14N2O3. The molecule has 0 unspecified atom stereocenters. The van der Waals surface area contributed by atoms with Crippen LogP contribution in [-0.2, 0) is 4.79 Å². The SMILES string of the molecule is O=C(O)CCCN=Cc1c(O)[nH]c2ccccc12. The molecule has 0 saturated heterocycles. The summed E-state index contributed by atoms with van der Waals surface area (Å²) in [6.45, 7) is 0.436. The highest BCUT2D eigenvalue weighted by molar-refractivity contribution is 6.01. The molecule has 1 heterocycles. The summed E-state index contributed by atoms with van der Waals surface area (Å²) in [5.41, 5.74) is 1.49. The van der Waals surface area contributed by atoms with Crippen molar-refractivity contribution in [1.82, 2.24) is 4.98 Å². The summed E-state index contributed by atoms with van der Waals surface area (Å²) in [5, 5.41) is 19.1. The number of hydrogen-bond donors (Lipinski definition) is 3. The number of aliphatic imine (C=N–C) groups is 1. The predicted octanol–water partition coefficient (Wildman–Crippen LogP) is 2.16. The minimum atomic E-state index is -0.819. The quantitative estimate of drug-likeness (QED) is 0.558. The molecule has 2 aromatic rings. The molecule has 1 aromatic carbocycles. The van der Waals surface area contributed by atoms with Crippen molar-refractivity contribution in [2.45, 2.75) is 12.8 Å². The van der Waals surface area contributed by atoms with E-state index in [4.69, 9.17) is 5.11 Å². The van der Waals surface area contributed by atoms with E-state index in [9.17, 15) is 9.90 Å². The molecule has 0 aliphatic rings. The van der Waals surface area contributed by atoms with E-state index in [1.807, 2.05) is 24.3 Å². The first-order chi connectivity index (χ1) is 8.68. The molecule has 0 radical (unpaired) electrons. The number of aromatic amines is 1. The van der Waals surface area contributed by atoms with E-state index in [0.29, 0.717) is 18.5 Å². The zero-order valence-corrected chi connectivity index (χ0v) is 9.76. The van der Waals surface area contributed by atoms with Crippen molar-refractivity contribution in [3.05, 3.63) is 29.8 Å². The maximum Gasteiger partial charge on any atom is 0.303 e. The van der Waals surface area contributed by atoms with Crippen LogP contribution in [0.5, 0.6) is 5.88 Å². The summed E-state index contributed by atoms with van der Waals surface area (Å²) >= 11 is 0. The lowest BCUT2D eigenvalue weighted by molar-refractivity contribution is -0.137. The normalized spacial score (nSPS) is 11.3. The van der Waals surface area contributed by atoms with Crippen molar-refractivity contribution in [1.29, 1.82) is 0 Å². The number of H-pyrrole nitrogens is 1. The molecule has 0 aliphatic carbocycles. The summed E-state index contributed by atoms with van der Waals surface area (Å²) in [5.74, 6) is -0.738. The Morgan fingerprint density at radius 3 is 2.94 bits per heavy atom. The highest BCUT2D eigenvalue weighted by Crippen LogP contribution is 2.24. The van der Waals surface area contributed by atoms with Crippen molar-refractivity contribution >= 4 is 23.1 Å². The van der Waals surface area contributed by atoms with Crippen LogP contribution in [0.25, 0.3) is 10.9 Å². The number of carboxylic acids is 1. The van der Waals surface area contributed by atoms with E-state index in [1.165, 1.54) is 0 Å². The predicted molar refractivity (Wildman–Crippen MR) is 69.3 cm³/mol. The lowest BCUT2D eigenvalue weighted by atomic mass is 10.2. The van der Waals surface area contributed by atoms with Gasteiger partial charge in [0, 0.05) is 30.1 Å². The molecule has 0 atom stereocenters. The topological polar surface area (TPSA) is 85.7 Å². The number of carbonyl (C=O) groups is 1. The minimum absolute atomic E-state index is 0.0817. The lowest BCUT2D eigenvalue weighted by Crippen LogP contribution is -1.95. The summed E-state index contributed by atoms with van der Waals surface area (Å²) in [6.07, 6.45) is 2.18. The van der Waals surface area contributed by atoms with Crippen molar-refractivity contribution < 1.29 is 15.0 Å². The van der Waals surface area contributed by atoms with Crippen LogP contribution in [0.4, 0.5) is 0 Å². The number of para-hydroxylation sites is 1. The van der Waals surface area contributed by atoms with Gasteiger partial charge < -0.3 is 15.2 Å². The lowest BCUT2D eigenvalue weighted by Gasteiger charge is -1.93. The first-order valence-corrected chi connectivity index (χ1v) is 5.70. The van der Waals surface area contributed by atoms with E-state index >= 15 is 0 Å². The van der Waals surface area contributed by atoms with Crippen LogP contribution in [-0.4, -0.2) is 33.9 Å². The van der Waals surface area contributed by atoms with Gasteiger partial charge in [0.05, 0.1) is 5.56 Å². The van der Waals surface area contributed by atoms with Crippen LogP contribution < -0.4 is 0 Å². The molecule has 3 N–H and O–H groups in total. The van der Waals surface area contributed by atoms with Gasteiger partial charge in [0.1, 0.15) is 0 Å². The molecule has 5 nitrogen and oxygen atoms in total. The number of nitrogens with zero attached hydrogens (tertiary/aromatic N) is 1. The largest absolute Gasteiger partial charge is 0.494 e. The maximum atomic E-state index is 10.3. The number of carboxylic acid groups (broad SMARTS) is 1. The van der Waals surface area contributed by atoms with Gasteiger partial charge in [-0.2, -0.15) is 0 Å². The smallest absolute Gasteiger partial charge is 0.303 e. The third-order valence-corrected chi connectivity index (χ3v) is 2.62. The highest BCUT2D eigenvalue weighted by Gasteiger charge is 2.07. The second-order valence-electron chi connectivity index (χ2n) is 3.97. The van der Waals surface area contributed by atoms with E-state index < -0.39 is 5.97 Å². The second-order valence-corrected chi connectivity index (χ2v) is 3.97. The number of aromatic nitrogens is 1. The van der Waals surface area contributed by atoms with Crippen molar-refractivity contribution in [3.8, 4) is 5.88 Å². The second kappa shape index (κ2) is 5.35. The standard InChI is InChI=1S/C13H14N2O3/c16-12(17)6-3-7-14-8-10-9-4-1-2-5-11(9)15-13(10)18/h1-2,4-5,8,15,18H,3,6-7H2,(H,16,17). The summed E-state index contributed by atoms with van der Waals surface area (Å²) in [4.78, 5) is 17.3.